The van der Waals surface area contributed by atoms with Crippen LogP contribution in [0.5, 0.6) is 0 Å². The number of carbonyl (C=O) groups is 1. The monoisotopic (exact) mass is 281 g/mol. The second-order valence-corrected chi connectivity index (χ2v) is 7.04. The van der Waals surface area contributed by atoms with Crippen LogP contribution in [-0.4, -0.2) is 42.5 Å². The van der Waals surface area contributed by atoms with Crippen molar-refractivity contribution in [2.75, 3.05) is 19.6 Å². The molecule has 0 aromatic heterocycles. The van der Waals surface area contributed by atoms with Crippen LogP contribution in [0.1, 0.15) is 52.4 Å². The molecule has 2 aliphatic rings. The number of likely N-dealkylation sites (tertiary alicyclic amines) is 1. The van der Waals surface area contributed by atoms with E-state index in [9.17, 15) is 4.79 Å². The maximum absolute atomic E-state index is 12.1. The third-order valence-corrected chi connectivity index (χ3v) is 4.57. The Morgan fingerprint density at radius 1 is 1.25 bits per heavy atom. The molecule has 1 saturated heterocycles. The Bertz CT molecular complexity index is 307. The molecule has 0 radical (unpaired) electrons. The number of nitrogens with zero attached hydrogens (tertiary/aromatic N) is 1. The van der Waals surface area contributed by atoms with E-state index in [2.05, 4.69) is 24.1 Å². The predicted octanol–water partition coefficient (Wildman–Crippen LogP) is 1.74. The predicted molar refractivity (Wildman–Crippen MR) is 82.4 cm³/mol. The third-order valence-electron chi connectivity index (χ3n) is 4.57. The van der Waals surface area contributed by atoms with E-state index in [1.807, 2.05) is 0 Å². The van der Waals surface area contributed by atoms with Gasteiger partial charge in [0.2, 0.25) is 5.91 Å². The molecule has 1 unspecified atom stereocenters. The molecule has 2 fully saturated rings. The first-order chi connectivity index (χ1) is 9.58. The van der Waals surface area contributed by atoms with Crippen molar-refractivity contribution in [3.63, 3.8) is 0 Å². The third kappa shape index (κ3) is 5.06. The van der Waals surface area contributed by atoms with Crippen molar-refractivity contribution in [1.29, 1.82) is 0 Å². The molecule has 1 heterocycles. The summed E-state index contributed by atoms with van der Waals surface area (Å²) in [5.41, 5.74) is 5.77. The van der Waals surface area contributed by atoms with Gasteiger partial charge in [0, 0.05) is 31.6 Å². The van der Waals surface area contributed by atoms with Gasteiger partial charge in [-0.15, -0.1) is 0 Å². The van der Waals surface area contributed by atoms with Crippen LogP contribution in [0.2, 0.25) is 0 Å². The highest BCUT2D eigenvalue weighted by Crippen LogP contribution is 2.29. The van der Waals surface area contributed by atoms with Gasteiger partial charge in [-0.2, -0.15) is 0 Å². The van der Waals surface area contributed by atoms with Crippen LogP contribution in [-0.2, 0) is 4.79 Å². The van der Waals surface area contributed by atoms with Gasteiger partial charge in [-0.3, -0.25) is 4.79 Å². The molecule has 116 valence electrons. The SMILES string of the molecule is CC(C)CC(CN)CC(=O)NC1CCN(C2CC2)CC1. The molecule has 0 spiro atoms. The average Bonchev–Trinajstić information content (AvgIpc) is 3.22. The fraction of sp³-hybridized carbons (Fsp3) is 0.938. The summed E-state index contributed by atoms with van der Waals surface area (Å²) < 4.78 is 0. The van der Waals surface area contributed by atoms with Crippen LogP contribution in [0.25, 0.3) is 0 Å². The lowest BCUT2D eigenvalue weighted by atomic mass is 9.93. The van der Waals surface area contributed by atoms with Gasteiger partial charge in [-0.1, -0.05) is 13.8 Å². The first-order valence-electron chi connectivity index (χ1n) is 8.32. The highest BCUT2D eigenvalue weighted by molar-refractivity contribution is 5.76. The number of carbonyl (C=O) groups excluding carboxylic acids is 1. The van der Waals surface area contributed by atoms with E-state index in [1.165, 1.54) is 12.8 Å². The summed E-state index contributed by atoms with van der Waals surface area (Å²) in [6.07, 6.45) is 6.62. The first kappa shape index (κ1) is 15.8. The largest absolute Gasteiger partial charge is 0.353 e. The normalized spacial score (nSPS) is 23.0. The molecule has 1 atom stereocenters. The van der Waals surface area contributed by atoms with Gasteiger partial charge in [0.25, 0.3) is 0 Å². The Hall–Kier alpha value is -0.610. The minimum absolute atomic E-state index is 0.200. The van der Waals surface area contributed by atoms with Crippen molar-refractivity contribution in [3.05, 3.63) is 0 Å². The zero-order valence-electron chi connectivity index (χ0n) is 13.1. The molecular formula is C16H31N3O. The zero-order chi connectivity index (χ0) is 14.5. The molecule has 20 heavy (non-hydrogen) atoms. The summed E-state index contributed by atoms with van der Waals surface area (Å²) in [5.74, 6) is 1.14. The van der Waals surface area contributed by atoms with Gasteiger partial charge < -0.3 is 16.0 Å². The van der Waals surface area contributed by atoms with E-state index < -0.39 is 0 Å². The molecule has 3 N–H and O–H groups in total. The fourth-order valence-corrected chi connectivity index (χ4v) is 3.33. The highest BCUT2D eigenvalue weighted by Gasteiger charge is 2.32. The molecule has 0 aromatic rings. The highest BCUT2D eigenvalue weighted by atomic mass is 16.1. The Labute approximate surface area is 123 Å². The van der Waals surface area contributed by atoms with Crippen molar-refractivity contribution in [2.24, 2.45) is 17.6 Å². The summed E-state index contributed by atoms with van der Waals surface area (Å²) in [6, 6.07) is 1.24. The number of rotatable bonds is 7. The number of hydrogen-bond donors (Lipinski definition) is 2. The first-order valence-corrected chi connectivity index (χ1v) is 8.32. The van der Waals surface area contributed by atoms with Crippen LogP contribution in [0.15, 0.2) is 0 Å². The second kappa shape index (κ2) is 7.41. The van der Waals surface area contributed by atoms with Crippen LogP contribution in [0.4, 0.5) is 0 Å². The van der Waals surface area contributed by atoms with Gasteiger partial charge in [0.1, 0.15) is 0 Å². The van der Waals surface area contributed by atoms with Gasteiger partial charge in [-0.05, 0) is 50.5 Å². The summed E-state index contributed by atoms with van der Waals surface area (Å²) in [6.45, 7) is 7.30. The summed E-state index contributed by atoms with van der Waals surface area (Å²) in [7, 11) is 0. The van der Waals surface area contributed by atoms with Gasteiger partial charge in [0.05, 0.1) is 0 Å². The molecule has 0 bridgehead atoms. The number of amides is 1. The van der Waals surface area contributed by atoms with E-state index in [4.69, 9.17) is 5.73 Å². The van der Waals surface area contributed by atoms with E-state index in [-0.39, 0.29) is 5.91 Å². The van der Waals surface area contributed by atoms with E-state index in [0.29, 0.717) is 30.8 Å². The summed E-state index contributed by atoms with van der Waals surface area (Å²) in [4.78, 5) is 14.7. The topological polar surface area (TPSA) is 58.4 Å². The summed E-state index contributed by atoms with van der Waals surface area (Å²) >= 11 is 0. The minimum Gasteiger partial charge on any atom is -0.353 e. The summed E-state index contributed by atoms with van der Waals surface area (Å²) in [5, 5.41) is 3.22. The Balaban J connectivity index is 1.66. The molecule has 1 aliphatic carbocycles. The number of nitrogens with one attached hydrogen (secondary N) is 1. The van der Waals surface area contributed by atoms with Gasteiger partial charge in [0.15, 0.2) is 0 Å². The fourth-order valence-electron chi connectivity index (χ4n) is 3.33. The molecule has 1 aliphatic heterocycles. The number of nitrogens with two attached hydrogens (primary N) is 1. The molecule has 4 nitrogen and oxygen atoms in total. The van der Waals surface area contributed by atoms with E-state index >= 15 is 0 Å². The maximum atomic E-state index is 12.1. The van der Waals surface area contributed by atoms with Crippen LogP contribution < -0.4 is 11.1 Å². The van der Waals surface area contributed by atoms with E-state index in [1.54, 1.807) is 0 Å². The molecule has 1 saturated carbocycles. The quantitative estimate of drug-likeness (QED) is 0.747. The Morgan fingerprint density at radius 3 is 2.40 bits per heavy atom. The molecular weight excluding hydrogens is 250 g/mol. The lowest BCUT2D eigenvalue weighted by molar-refractivity contribution is -0.123. The minimum atomic E-state index is 0.200. The zero-order valence-corrected chi connectivity index (χ0v) is 13.1. The van der Waals surface area contributed by atoms with Crippen molar-refractivity contribution in [3.8, 4) is 0 Å². The van der Waals surface area contributed by atoms with Gasteiger partial charge >= 0.3 is 0 Å². The number of piperidine rings is 1. The Kier molecular flexibility index (Phi) is 5.85. The van der Waals surface area contributed by atoms with Crippen molar-refractivity contribution in [1.82, 2.24) is 10.2 Å². The van der Waals surface area contributed by atoms with E-state index in [0.717, 1.165) is 38.4 Å². The standard InChI is InChI=1S/C16H31N3O/c1-12(2)9-13(11-17)10-16(20)18-14-5-7-19(8-6-14)15-3-4-15/h12-15H,3-11,17H2,1-2H3,(H,18,20). The van der Waals surface area contributed by atoms with Crippen molar-refractivity contribution in [2.45, 2.75) is 64.5 Å². The van der Waals surface area contributed by atoms with Crippen molar-refractivity contribution < 1.29 is 4.79 Å². The van der Waals surface area contributed by atoms with Crippen molar-refractivity contribution >= 4 is 5.91 Å². The molecule has 1 amide bonds. The maximum Gasteiger partial charge on any atom is 0.220 e. The van der Waals surface area contributed by atoms with Crippen LogP contribution in [0, 0.1) is 11.8 Å². The van der Waals surface area contributed by atoms with Crippen LogP contribution >= 0.6 is 0 Å². The number of hydrogen-bond acceptors (Lipinski definition) is 3. The molecule has 2 rings (SSSR count). The smallest absolute Gasteiger partial charge is 0.220 e. The Morgan fingerprint density at radius 2 is 1.90 bits per heavy atom. The molecule has 0 aromatic carbocycles. The molecule has 4 heteroatoms. The lowest BCUT2D eigenvalue weighted by Gasteiger charge is -2.32. The average molecular weight is 281 g/mol. The lowest BCUT2D eigenvalue weighted by Crippen LogP contribution is -2.45. The second-order valence-electron chi connectivity index (χ2n) is 7.04. The van der Waals surface area contributed by atoms with Gasteiger partial charge in [-0.25, -0.2) is 0 Å². The van der Waals surface area contributed by atoms with Crippen LogP contribution in [0.3, 0.4) is 0 Å².